The number of thiophene rings is 1. The van der Waals surface area contributed by atoms with Gasteiger partial charge in [0.15, 0.2) is 0 Å². The Kier molecular flexibility index (Phi) is 2.35. The maximum Gasteiger partial charge on any atom is 0.250 e. The van der Waals surface area contributed by atoms with E-state index in [9.17, 15) is 4.79 Å². The number of nitrogens with two attached hydrogens (primary N) is 1. The molecule has 0 saturated heterocycles. The summed E-state index contributed by atoms with van der Waals surface area (Å²) in [5.41, 5.74) is 8.62. The Morgan fingerprint density at radius 1 is 1.50 bits per heavy atom. The van der Waals surface area contributed by atoms with Crippen LogP contribution in [0, 0.1) is 6.92 Å². The Labute approximate surface area is 89.2 Å². The molecule has 0 spiro atoms. The number of nitrogens with zero attached hydrogens (tertiary/aromatic N) is 1. The van der Waals surface area contributed by atoms with Gasteiger partial charge in [0.2, 0.25) is 5.91 Å². The summed E-state index contributed by atoms with van der Waals surface area (Å²) in [7, 11) is 0. The number of aromatic nitrogens is 1. The van der Waals surface area contributed by atoms with E-state index in [1.807, 2.05) is 12.3 Å². The van der Waals surface area contributed by atoms with Crippen LogP contribution in [0.1, 0.15) is 15.9 Å². The van der Waals surface area contributed by atoms with Crippen LogP contribution < -0.4 is 5.73 Å². The highest BCUT2D eigenvalue weighted by Gasteiger charge is 2.15. The van der Waals surface area contributed by atoms with Gasteiger partial charge in [0.25, 0.3) is 0 Å². The second kappa shape index (κ2) is 3.51. The molecule has 0 saturated carbocycles. The molecule has 2 aromatic heterocycles. The quantitative estimate of drug-likeness (QED) is 0.850. The summed E-state index contributed by atoms with van der Waals surface area (Å²) < 4.78 is 0. The molecule has 72 valence electrons. The van der Waals surface area contributed by atoms with E-state index in [0.29, 0.717) is 5.56 Å². The molecular weight excluding hydrogens is 216 g/mol. The standard InChI is InChI=1S/C9H8N2OS2/c1-5-3-13-8(7(5)9(10)12)6-2-11-4-14-6/h2-4H,1H3,(H2,10,12). The smallest absolute Gasteiger partial charge is 0.250 e. The molecule has 3 nitrogen and oxygen atoms in total. The first-order valence-electron chi connectivity index (χ1n) is 3.97. The van der Waals surface area contributed by atoms with Crippen molar-refractivity contribution in [1.82, 2.24) is 4.98 Å². The number of amides is 1. The molecule has 0 aliphatic carbocycles. The molecule has 0 aliphatic rings. The number of hydrogen-bond donors (Lipinski definition) is 1. The number of primary amides is 1. The predicted molar refractivity (Wildman–Crippen MR) is 58.7 cm³/mol. The average molecular weight is 224 g/mol. The van der Waals surface area contributed by atoms with Gasteiger partial charge in [-0.25, -0.2) is 0 Å². The lowest BCUT2D eigenvalue weighted by Gasteiger charge is -1.97. The van der Waals surface area contributed by atoms with E-state index in [-0.39, 0.29) is 5.91 Å². The van der Waals surface area contributed by atoms with E-state index in [0.717, 1.165) is 15.3 Å². The van der Waals surface area contributed by atoms with Crippen molar-refractivity contribution in [3.63, 3.8) is 0 Å². The second-order valence-corrected chi connectivity index (χ2v) is 4.62. The molecule has 2 rings (SSSR count). The minimum absolute atomic E-state index is 0.368. The van der Waals surface area contributed by atoms with Gasteiger partial charge in [0, 0.05) is 6.20 Å². The lowest BCUT2D eigenvalue weighted by molar-refractivity contribution is 0.100. The molecule has 0 aromatic carbocycles. The molecule has 2 N–H and O–H groups in total. The molecular formula is C9H8N2OS2. The van der Waals surface area contributed by atoms with E-state index in [1.54, 1.807) is 11.7 Å². The van der Waals surface area contributed by atoms with Crippen molar-refractivity contribution in [2.45, 2.75) is 6.92 Å². The third-order valence-electron chi connectivity index (χ3n) is 1.88. The van der Waals surface area contributed by atoms with Crippen molar-refractivity contribution in [1.29, 1.82) is 0 Å². The van der Waals surface area contributed by atoms with Crippen LogP contribution in [0.4, 0.5) is 0 Å². The third-order valence-corrected chi connectivity index (χ3v) is 3.93. The molecule has 0 bridgehead atoms. The SMILES string of the molecule is Cc1csc(-c2cncs2)c1C(N)=O. The fourth-order valence-corrected chi connectivity index (χ4v) is 3.08. The van der Waals surface area contributed by atoms with Gasteiger partial charge in [-0.05, 0) is 17.9 Å². The van der Waals surface area contributed by atoms with E-state index >= 15 is 0 Å². The van der Waals surface area contributed by atoms with Gasteiger partial charge in [-0.2, -0.15) is 0 Å². The summed E-state index contributed by atoms with van der Waals surface area (Å²) in [5, 5.41) is 1.94. The number of rotatable bonds is 2. The molecule has 14 heavy (non-hydrogen) atoms. The highest BCUT2D eigenvalue weighted by molar-refractivity contribution is 7.20. The maximum absolute atomic E-state index is 11.2. The second-order valence-electron chi connectivity index (χ2n) is 2.85. The van der Waals surface area contributed by atoms with Crippen LogP contribution in [0.15, 0.2) is 17.1 Å². The van der Waals surface area contributed by atoms with Crippen molar-refractivity contribution >= 4 is 28.6 Å². The summed E-state index contributed by atoms with van der Waals surface area (Å²) in [6.07, 6.45) is 1.75. The monoisotopic (exact) mass is 224 g/mol. The van der Waals surface area contributed by atoms with Crippen LogP contribution in [0.25, 0.3) is 9.75 Å². The highest BCUT2D eigenvalue weighted by atomic mass is 32.1. The van der Waals surface area contributed by atoms with Gasteiger partial charge in [-0.15, -0.1) is 22.7 Å². The number of aryl methyl sites for hydroxylation is 1. The van der Waals surface area contributed by atoms with Crippen molar-refractivity contribution in [3.8, 4) is 9.75 Å². The Morgan fingerprint density at radius 3 is 2.86 bits per heavy atom. The zero-order valence-electron chi connectivity index (χ0n) is 7.48. The molecule has 0 fully saturated rings. The maximum atomic E-state index is 11.2. The minimum Gasteiger partial charge on any atom is -0.366 e. The Morgan fingerprint density at radius 2 is 2.29 bits per heavy atom. The molecule has 0 radical (unpaired) electrons. The molecule has 2 aromatic rings. The molecule has 0 atom stereocenters. The van der Waals surface area contributed by atoms with Crippen LogP contribution in [-0.4, -0.2) is 10.9 Å². The van der Waals surface area contributed by atoms with Crippen molar-refractivity contribution in [2.75, 3.05) is 0 Å². The van der Waals surface area contributed by atoms with Crippen molar-refractivity contribution in [2.24, 2.45) is 5.73 Å². The van der Waals surface area contributed by atoms with Crippen LogP contribution in [0.5, 0.6) is 0 Å². The first kappa shape index (κ1) is 9.36. The molecule has 0 aliphatic heterocycles. The van der Waals surface area contributed by atoms with Gasteiger partial charge < -0.3 is 5.73 Å². The predicted octanol–water partition coefficient (Wildman–Crippen LogP) is 2.28. The molecule has 2 heterocycles. The molecule has 1 amide bonds. The Balaban J connectivity index is 2.60. The number of carbonyl (C=O) groups excluding carboxylic acids is 1. The Hall–Kier alpha value is -1.20. The summed E-state index contributed by atoms with van der Waals surface area (Å²) >= 11 is 3.04. The topological polar surface area (TPSA) is 56.0 Å². The lowest BCUT2D eigenvalue weighted by atomic mass is 10.1. The summed E-state index contributed by atoms with van der Waals surface area (Å²) in [6.45, 7) is 1.89. The lowest BCUT2D eigenvalue weighted by Crippen LogP contribution is -2.12. The zero-order valence-corrected chi connectivity index (χ0v) is 9.11. The van der Waals surface area contributed by atoms with E-state index < -0.39 is 0 Å². The largest absolute Gasteiger partial charge is 0.366 e. The first-order chi connectivity index (χ1) is 6.70. The summed E-state index contributed by atoms with van der Waals surface area (Å²) in [4.78, 5) is 17.1. The van der Waals surface area contributed by atoms with Crippen LogP contribution in [0.3, 0.4) is 0 Å². The first-order valence-corrected chi connectivity index (χ1v) is 5.73. The highest BCUT2D eigenvalue weighted by Crippen LogP contribution is 2.34. The fraction of sp³-hybridized carbons (Fsp3) is 0.111. The van der Waals surface area contributed by atoms with E-state index in [1.165, 1.54) is 22.7 Å². The van der Waals surface area contributed by atoms with Crippen molar-refractivity contribution in [3.05, 3.63) is 28.2 Å². The van der Waals surface area contributed by atoms with Crippen LogP contribution in [-0.2, 0) is 0 Å². The van der Waals surface area contributed by atoms with E-state index in [4.69, 9.17) is 5.73 Å². The number of carbonyl (C=O) groups is 1. The van der Waals surface area contributed by atoms with E-state index in [2.05, 4.69) is 4.98 Å². The zero-order chi connectivity index (χ0) is 10.1. The van der Waals surface area contributed by atoms with Gasteiger partial charge in [0.05, 0.1) is 20.8 Å². The normalized spacial score (nSPS) is 10.4. The number of hydrogen-bond acceptors (Lipinski definition) is 4. The fourth-order valence-electron chi connectivity index (χ4n) is 1.26. The van der Waals surface area contributed by atoms with Crippen LogP contribution in [0.2, 0.25) is 0 Å². The van der Waals surface area contributed by atoms with Gasteiger partial charge in [-0.1, -0.05) is 0 Å². The Bertz CT molecular complexity index is 459. The van der Waals surface area contributed by atoms with Gasteiger partial charge in [0.1, 0.15) is 0 Å². The van der Waals surface area contributed by atoms with Gasteiger partial charge in [-0.3, -0.25) is 9.78 Å². The minimum atomic E-state index is -0.368. The van der Waals surface area contributed by atoms with Crippen LogP contribution >= 0.6 is 22.7 Å². The van der Waals surface area contributed by atoms with Gasteiger partial charge >= 0.3 is 0 Å². The summed E-state index contributed by atoms with van der Waals surface area (Å²) in [5.74, 6) is -0.368. The average Bonchev–Trinajstić information content (AvgIpc) is 2.70. The number of thiazole rings is 1. The summed E-state index contributed by atoms with van der Waals surface area (Å²) in [6, 6.07) is 0. The molecule has 5 heteroatoms. The van der Waals surface area contributed by atoms with Crippen molar-refractivity contribution < 1.29 is 4.79 Å². The third kappa shape index (κ3) is 1.44. The molecule has 0 unspecified atom stereocenters.